The fraction of sp³-hybridized carbons (Fsp3) is 0.571. The highest BCUT2D eigenvalue weighted by molar-refractivity contribution is 7.89. The smallest absolute Gasteiger partial charge is 0.260 e. The van der Waals surface area contributed by atoms with Gasteiger partial charge < -0.3 is 10.3 Å². The predicted octanol–water partition coefficient (Wildman–Crippen LogP) is -0.576. The molecule has 1 fully saturated rings. The van der Waals surface area contributed by atoms with Crippen LogP contribution in [-0.2, 0) is 10.0 Å². The molecule has 0 atom stereocenters. The highest BCUT2D eigenvalue weighted by atomic mass is 35.5. The summed E-state index contributed by atoms with van der Waals surface area (Å²) in [6.45, 7) is 1.42. The lowest BCUT2D eigenvalue weighted by molar-refractivity contribution is 0.273. The van der Waals surface area contributed by atoms with Crippen LogP contribution in [0.5, 0.6) is 0 Å². The van der Waals surface area contributed by atoms with Crippen molar-refractivity contribution in [2.45, 2.75) is 11.1 Å². The molecule has 1 aliphatic heterocycles. The summed E-state index contributed by atoms with van der Waals surface area (Å²) in [5.74, 6) is 0. The summed E-state index contributed by atoms with van der Waals surface area (Å²) in [4.78, 5) is 6.30. The standard InChI is InChI=1S/C7H12N4O2S.ClH/c1-11(6-2-8-3-6)14(12,13)7-4-9-5-10-7;/h4-6,8H,2-3H2,1H3,(H,9,10);1H. The van der Waals surface area contributed by atoms with Crippen LogP contribution in [0.15, 0.2) is 17.6 Å². The first-order chi connectivity index (χ1) is 6.62. The zero-order chi connectivity index (χ0) is 10.2. The van der Waals surface area contributed by atoms with E-state index in [1.807, 2.05) is 0 Å². The van der Waals surface area contributed by atoms with Crippen molar-refractivity contribution in [1.29, 1.82) is 0 Å². The molecule has 2 N–H and O–H groups in total. The van der Waals surface area contributed by atoms with Crippen LogP contribution < -0.4 is 5.32 Å². The zero-order valence-electron chi connectivity index (χ0n) is 8.17. The molecule has 0 bridgehead atoms. The summed E-state index contributed by atoms with van der Waals surface area (Å²) in [6, 6.07) is 0.0586. The molecule has 15 heavy (non-hydrogen) atoms. The van der Waals surface area contributed by atoms with Crippen LogP contribution >= 0.6 is 12.4 Å². The van der Waals surface area contributed by atoms with Gasteiger partial charge in [0.1, 0.15) is 0 Å². The second-order valence-corrected chi connectivity index (χ2v) is 5.22. The van der Waals surface area contributed by atoms with Crippen molar-refractivity contribution in [3.8, 4) is 0 Å². The van der Waals surface area contributed by atoms with Crippen molar-refractivity contribution in [2.75, 3.05) is 20.1 Å². The summed E-state index contributed by atoms with van der Waals surface area (Å²) < 4.78 is 25.1. The van der Waals surface area contributed by atoms with Crippen molar-refractivity contribution >= 4 is 22.4 Å². The third kappa shape index (κ3) is 2.15. The van der Waals surface area contributed by atoms with E-state index in [4.69, 9.17) is 0 Å². The molecule has 2 heterocycles. The third-order valence-corrected chi connectivity index (χ3v) is 4.24. The Bertz CT molecular complexity index is 401. The molecule has 0 amide bonds. The van der Waals surface area contributed by atoms with E-state index in [1.54, 1.807) is 7.05 Å². The van der Waals surface area contributed by atoms with Crippen molar-refractivity contribution in [2.24, 2.45) is 0 Å². The average Bonchev–Trinajstić information content (AvgIpc) is 2.52. The zero-order valence-corrected chi connectivity index (χ0v) is 9.81. The fourth-order valence-corrected chi connectivity index (χ4v) is 2.51. The van der Waals surface area contributed by atoms with E-state index in [1.165, 1.54) is 16.8 Å². The lowest BCUT2D eigenvalue weighted by Gasteiger charge is -2.34. The summed E-state index contributed by atoms with van der Waals surface area (Å²) in [5.41, 5.74) is 0. The van der Waals surface area contributed by atoms with Gasteiger partial charge in [0.2, 0.25) is 0 Å². The van der Waals surface area contributed by atoms with Crippen molar-refractivity contribution in [1.82, 2.24) is 19.6 Å². The molecule has 0 unspecified atom stereocenters. The van der Waals surface area contributed by atoms with Gasteiger partial charge in [0, 0.05) is 26.2 Å². The molecule has 0 saturated carbocycles. The Morgan fingerprint density at radius 2 is 2.20 bits per heavy atom. The first-order valence-electron chi connectivity index (χ1n) is 4.29. The molecule has 1 aromatic rings. The second kappa shape index (κ2) is 4.48. The molecule has 0 radical (unpaired) electrons. The van der Waals surface area contributed by atoms with E-state index in [2.05, 4.69) is 15.3 Å². The molecule has 6 nitrogen and oxygen atoms in total. The van der Waals surface area contributed by atoms with Gasteiger partial charge in [0.15, 0.2) is 5.03 Å². The quantitative estimate of drug-likeness (QED) is 0.755. The van der Waals surface area contributed by atoms with Crippen LogP contribution in [0.25, 0.3) is 0 Å². The maximum Gasteiger partial charge on any atom is 0.260 e. The molecular formula is C7H13ClN4O2S. The maximum atomic E-state index is 11.9. The summed E-state index contributed by atoms with van der Waals surface area (Å²) in [6.07, 6.45) is 2.68. The largest absolute Gasteiger partial charge is 0.335 e. The van der Waals surface area contributed by atoms with Crippen molar-refractivity contribution < 1.29 is 8.42 Å². The van der Waals surface area contributed by atoms with Crippen molar-refractivity contribution in [3.05, 3.63) is 12.5 Å². The van der Waals surface area contributed by atoms with Gasteiger partial charge >= 0.3 is 0 Å². The van der Waals surface area contributed by atoms with Crippen LogP contribution in [0.3, 0.4) is 0 Å². The number of aromatic amines is 1. The first kappa shape index (κ1) is 12.4. The number of nitrogens with one attached hydrogen (secondary N) is 2. The Kier molecular flexibility index (Phi) is 3.72. The number of halogens is 1. The van der Waals surface area contributed by atoms with Gasteiger partial charge in [-0.2, -0.15) is 4.31 Å². The minimum absolute atomic E-state index is 0. The number of likely N-dealkylation sites (N-methyl/N-ethyl adjacent to an activating group) is 1. The van der Waals surface area contributed by atoms with Gasteiger partial charge in [-0.15, -0.1) is 12.4 Å². The van der Waals surface area contributed by atoms with Crippen LogP contribution in [0.1, 0.15) is 0 Å². The number of hydrogen-bond donors (Lipinski definition) is 2. The van der Waals surface area contributed by atoms with E-state index in [0.29, 0.717) is 13.1 Å². The van der Waals surface area contributed by atoms with Crippen LogP contribution in [-0.4, -0.2) is 48.9 Å². The highest BCUT2D eigenvalue weighted by Crippen LogP contribution is 2.14. The number of H-pyrrole nitrogens is 1. The van der Waals surface area contributed by atoms with Gasteiger partial charge in [-0.05, 0) is 0 Å². The molecule has 0 aliphatic carbocycles. The Hall–Kier alpha value is -0.630. The number of nitrogens with zero attached hydrogens (tertiary/aromatic N) is 2. The summed E-state index contributed by atoms with van der Waals surface area (Å²) in [7, 11) is -1.80. The number of imidazole rings is 1. The molecule has 0 aromatic carbocycles. The van der Waals surface area contributed by atoms with Crippen LogP contribution in [0, 0.1) is 0 Å². The third-order valence-electron chi connectivity index (χ3n) is 2.40. The van der Waals surface area contributed by atoms with E-state index in [-0.39, 0.29) is 23.5 Å². The Morgan fingerprint density at radius 3 is 2.60 bits per heavy atom. The summed E-state index contributed by atoms with van der Waals surface area (Å²) in [5, 5.41) is 3.17. The lowest BCUT2D eigenvalue weighted by atomic mass is 10.2. The Morgan fingerprint density at radius 1 is 1.53 bits per heavy atom. The molecule has 1 aliphatic rings. The van der Waals surface area contributed by atoms with E-state index >= 15 is 0 Å². The predicted molar refractivity (Wildman–Crippen MR) is 57.4 cm³/mol. The molecular weight excluding hydrogens is 240 g/mol. The minimum atomic E-state index is -3.38. The monoisotopic (exact) mass is 252 g/mol. The molecule has 8 heteroatoms. The Labute approximate surface area is 94.5 Å². The molecule has 86 valence electrons. The minimum Gasteiger partial charge on any atom is -0.335 e. The molecule has 0 spiro atoms. The van der Waals surface area contributed by atoms with Gasteiger partial charge in [-0.3, -0.25) is 0 Å². The number of aromatic nitrogens is 2. The van der Waals surface area contributed by atoms with E-state index in [0.717, 1.165) is 0 Å². The second-order valence-electron chi connectivity index (χ2n) is 3.25. The topological polar surface area (TPSA) is 78.1 Å². The first-order valence-corrected chi connectivity index (χ1v) is 5.73. The average molecular weight is 253 g/mol. The van der Waals surface area contributed by atoms with Crippen LogP contribution in [0.2, 0.25) is 0 Å². The number of rotatable bonds is 3. The molecule has 2 rings (SSSR count). The van der Waals surface area contributed by atoms with Crippen molar-refractivity contribution in [3.63, 3.8) is 0 Å². The molecule has 1 saturated heterocycles. The van der Waals surface area contributed by atoms with E-state index < -0.39 is 10.0 Å². The number of sulfonamides is 1. The van der Waals surface area contributed by atoms with Crippen LogP contribution in [0.4, 0.5) is 0 Å². The maximum absolute atomic E-state index is 11.9. The normalized spacial score (nSPS) is 17.2. The van der Waals surface area contributed by atoms with Gasteiger partial charge in [0.05, 0.1) is 12.5 Å². The van der Waals surface area contributed by atoms with Gasteiger partial charge in [-0.25, -0.2) is 13.4 Å². The summed E-state index contributed by atoms with van der Waals surface area (Å²) >= 11 is 0. The SMILES string of the molecule is CN(C1CNC1)S(=O)(=O)c1cnc[nH]1.Cl. The Balaban J connectivity index is 0.00000112. The highest BCUT2D eigenvalue weighted by Gasteiger charge is 2.32. The fourth-order valence-electron chi connectivity index (χ4n) is 1.27. The van der Waals surface area contributed by atoms with Gasteiger partial charge in [-0.1, -0.05) is 0 Å². The number of hydrogen-bond acceptors (Lipinski definition) is 4. The van der Waals surface area contributed by atoms with E-state index in [9.17, 15) is 8.42 Å². The molecule has 1 aromatic heterocycles. The lowest BCUT2D eigenvalue weighted by Crippen LogP contribution is -2.57. The van der Waals surface area contributed by atoms with Gasteiger partial charge in [0.25, 0.3) is 10.0 Å².